The fraction of sp³-hybridized carbons (Fsp3) is 0.417. The van der Waals surface area contributed by atoms with E-state index in [1.54, 1.807) is 12.1 Å². The van der Waals surface area contributed by atoms with Crippen molar-refractivity contribution >= 4 is 6.03 Å². The third-order valence-electron chi connectivity index (χ3n) is 2.43. The van der Waals surface area contributed by atoms with Gasteiger partial charge in [-0.05, 0) is 11.1 Å². The lowest BCUT2D eigenvalue weighted by molar-refractivity contribution is -0.123. The lowest BCUT2D eigenvalue weighted by atomic mass is 10.1. The summed E-state index contributed by atoms with van der Waals surface area (Å²) >= 11 is 0. The highest BCUT2D eigenvalue weighted by Crippen LogP contribution is 2.12. The van der Waals surface area contributed by atoms with Gasteiger partial charge in [0.25, 0.3) is 0 Å². The van der Waals surface area contributed by atoms with Crippen LogP contribution in [0.15, 0.2) is 24.3 Å². The number of urea groups is 1. The first-order valence-electron chi connectivity index (χ1n) is 5.65. The number of alkyl halides is 3. The van der Waals surface area contributed by atoms with Crippen LogP contribution in [0.25, 0.3) is 0 Å². The summed E-state index contributed by atoms with van der Waals surface area (Å²) in [4.78, 5) is 12.6. The Morgan fingerprint density at radius 3 is 2.58 bits per heavy atom. The van der Waals surface area contributed by atoms with E-state index in [1.165, 1.54) is 11.9 Å². The van der Waals surface area contributed by atoms with Gasteiger partial charge >= 0.3 is 12.2 Å². The maximum atomic E-state index is 12.0. The van der Waals surface area contributed by atoms with E-state index in [9.17, 15) is 18.0 Å². The number of hydrogen-bond donors (Lipinski definition) is 2. The molecule has 1 aromatic carbocycles. The first kappa shape index (κ1) is 15.3. The average molecular weight is 275 g/mol. The molecule has 0 saturated heterocycles. The molecule has 0 aliphatic rings. The molecule has 0 atom stereocenters. The minimum Gasteiger partial charge on any atom is -0.329 e. The number of nitrogens with zero attached hydrogens (tertiary/aromatic N) is 1. The molecule has 1 aromatic rings. The van der Waals surface area contributed by atoms with Gasteiger partial charge < -0.3 is 16.0 Å². The van der Waals surface area contributed by atoms with Gasteiger partial charge in [0.05, 0.1) is 0 Å². The van der Waals surface area contributed by atoms with E-state index in [0.717, 1.165) is 11.1 Å². The maximum absolute atomic E-state index is 12.0. The van der Waals surface area contributed by atoms with Crippen molar-refractivity contribution in [2.45, 2.75) is 19.3 Å². The van der Waals surface area contributed by atoms with Crippen molar-refractivity contribution in [3.63, 3.8) is 0 Å². The number of amides is 2. The van der Waals surface area contributed by atoms with Crippen LogP contribution in [0.5, 0.6) is 0 Å². The number of rotatable bonds is 4. The van der Waals surface area contributed by atoms with Crippen LogP contribution in [0.1, 0.15) is 11.1 Å². The van der Waals surface area contributed by atoms with E-state index in [1.807, 2.05) is 17.4 Å². The molecule has 0 unspecified atom stereocenters. The molecule has 0 aliphatic heterocycles. The zero-order valence-electron chi connectivity index (χ0n) is 10.5. The Morgan fingerprint density at radius 1 is 1.37 bits per heavy atom. The molecule has 19 heavy (non-hydrogen) atoms. The van der Waals surface area contributed by atoms with Gasteiger partial charge in [-0.2, -0.15) is 13.2 Å². The number of carbonyl (C=O) groups is 1. The van der Waals surface area contributed by atoms with E-state index in [-0.39, 0.29) is 6.54 Å². The van der Waals surface area contributed by atoms with E-state index in [4.69, 9.17) is 5.73 Å². The molecule has 106 valence electrons. The van der Waals surface area contributed by atoms with Crippen molar-refractivity contribution in [3.8, 4) is 0 Å². The molecule has 0 heterocycles. The maximum Gasteiger partial charge on any atom is 0.405 e. The van der Waals surface area contributed by atoms with Gasteiger partial charge in [0.15, 0.2) is 0 Å². The summed E-state index contributed by atoms with van der Waals surface area (Å²) in [6.45, 7) is -0.742. The second kappa shape index (κ2) is 6.42. The third-order valence-corrected chi connectivity index (χ3v) is 2.43. The van der Waals surface area contributed by atoms with E-state index in [2.05, 4.69) is 0 Å². The number of benzene rings is 1. The van der Waals surface area contributed by atoms with Crippen molar-refractivity contribution in [2.24, 2.45) is 5.73 Å². The summed E-state index contributed by atoms with van der Waals surface area (Å²) in [5.74, 6) is 0. The molecule has 3 N–H and O–H groups in total. The molecule has 0 aliphatic carbocycles. The Morgan fingerprint density at radius 2 is 2.00 bits per heavy atom. The molecule has 2 amide bonds. The normalized spacial score (nSPS) is 11.2. The van der Waals surface area contributed by atoms with Crippen molar-refractivity contribution in [1.29, 1.82) is 0 Å². The first-order valence-corrected chi connectivity index (χ1v) is 5.65. The topological polar surface area (TPSA) is 58.4 Å². The standard InChI is InChI=1S/C12H16F3N3O/c1-18(11(19)17-8-12(13,14)15)7-10-4-2-3-9(5-10)6-16/h2-5H,6-8,16H2,1H3,(H,17,19). The van der Waals surface area contributed by atoms with Gasteiger partial charge in [0.2, 0.25) is 0 Å². The predicted octanol–water partition coefficient (Wildman–Crippen LogP) is 1.85. The van der Waals surface area contributed by atoms with Gasteiger partial charge in [0, 0.05) is 20.1 Å². The third kappa shape index (κ3) is 5.60. The lowest BCUT2D eigenvalue weighted by Gasteiger charge is -2.19. The number of halogens is 3. The SMILES string of the molecule is CN(Cc1cccc(CN)c1)C(=O)NCC(F)(F)F. The van der Waals surface area contributed by atoms with Crippen LogP contribution in [-0.2, 0) is 13.1 Å². The second-order valence-corrected chi connectivity index (χ2v) is 4.15. The van der Waals surface area contributed by atoms with Gasteiger partial charge in [-0.3, -0.25) is 0 Å². The molecule has 0 saturated carbocycles. The van der Waals surface area contributed by atoms with Gasteiger partial charge in [0.1, 0.15) is 6.54 Å². The van der Waals surface area contributed by atoms with Gasteiger partial charge in [-0.25, -0.2) is 4.79 Å². The quantitative estimate of drug-likeness (QED) is 0.881. The van der Waals surface area contributed by atoms with Crippen LogP contribution >= 0.6 is 0 Å². The van der Waals surface area contributed by atoms with Crippen molar-refractivity contribution in [1.82, 2.24) is 10.2 Å². The monoisotopic (exact) mass is 275 g/mol. The summed E-state index contributed by atoms with van der Waals surface area (Å²) in [5.41, 5.74) is 7.20. The Labute approximate surface area is 109 Å². The molecule has 0 radical (unpaired) electrons. The van der Waals surface area contributed by atoms with E-state index >= 15 is 0 Å². The minimum absolute atomic E-state index is 0.220. The summed E-state index contributed by atoms with van der Waals surface area (Å²) < 4.78 is 35.9. The highest BCUT2D eigenvalue weighted by Gasteiger charge is 2.28. The molecule has 0 bridgehead atoms. The van der Waals surface area contributed by atoms with Crippen LogP contribution < -0.4 is 11.1 Å². The van der Waals surface area contributed by atoms with Gasteiger partial charge in [-0.1, -0.05) is 24.3 Å². The van der Waals surface area contributed by atoms with Crippen LogP contribution in [0.2, 0.25) is 0 Å². The van der Waals surface area contributed by atoms with Crippen LogP contribution in [-0.4, -0.2) is 30.7 Å². The summed E-state index contributed by atoms with van der Waals surface area (Å²) in [7, 11) is 1.43. The number of hydrogen-bond acceptors (Lipinski definition) is 2. The molecule has 1 rings (SSSR count). The Hall–Kier alpha value is -1.76. The highest BCUT2D eigenvalue weighted by atomic mass is 19.4. The lowest BCUT2D eigenvalue weighted by Crippen LogP contribution is -2.41. The fourth-order valence-corrected chi connectivity index (χ4v) is 1.51. The molecule has 7 heteroatoms. The van der Waals surface area contributed by atoms with E-state index in [0.29, 0.717) is 6.54 Å². The smallest absolute Gasteiger partial charge is 0.329 e. The van der Waals surface area contributed by atoms with Crippen LogP contribution in [0, 0.1) is 0 Å². The molecule has 0 spiro atoms. The number of carbonyl (C=O) groups excluding carboxylic acids is 1. The Balaban J connectivity index is 2.53. The van der Waals surface area contributed by atoms with Gasteiger partial charge in [-0.15, -0.1) is 0 Å². The first-order chi connectivity index (χ1) is 8.81. The summed E-state index contributed by atoms with van der Waals surface area (Å²) in [6, 6.07) is 6.46. The zero-order valence-corrected chi connectivity index (χ0v) is 10.5. The van der Waals surface area contributed by atoms with Crippen LogP contribution in [0.3, 0.4) is 0 Å². The second-order valence-electron chi connectivity index (χ2n) is 4.15. The van der Waals surface area contributed by atoms with Crippen molar-refractivity contribution < 1.29 is 18.0 Å². The average Bonchev–Trinajstić information content (AvgIpc) is 2.35. The summed E-state index contributed by atoms with van der Waals surface area (Å²) in [6.07, 6.45) is -4.41. The fourth-order valence-electron chi connectivity index (χ4n) is 1.51. The molecular formula is C12H16F3N3O. The molecule has 0 fully saturated rings. The molecule has 4 nitrogen and oxygen atoms in total. The Bertz CT molecular complexity index is 434. The molecule has 0 aromatic heterocycles. The minimum atomic E-state index is -4.41. The number of nitrogens with two attached hydrogens (primary N) is 1. The van der Waals surface area contributed by atoms with Crippen molar-refractivity contribution in [2.75, 3.05) is 13.6 Å². The highest BCUT2D eigenvalue weighted by molar-refractivity contribution is 5.73. The Kier molecular flexibility index (Phi) is 5.17. The summed E-state index contributed by atoms with van der Waals surface area (Å²) in [5, 5.41) is 1.81. The predicted molar refractivity (Wildman–Crippen MR) is 65.3 cm³/mol. The molecular weight excluding hydrogens is 259 g/mol. The number of nitrogens with one attached hydrogen (secondary N) is 1. The van der Waals surface area contributed by atoms with Crippen LogP contribution in [0.4, 0.5) is 18.0 Å². The largest absolute Gasteiger partial charge is 0.405 e. The van der Waals surface area contributed by atoms with E-state index < -0.39 is 18.8 Å². The van der Waals surface area contributed by atoms with Crippen molar-refractivity contribution in [3.05, 3.63) is 35.4 Å². The zero-order chi connectivity index (χ0) is 14.5.